The molecule has 0 aromatic rings. The minimum Gasteiger partial charge on any atom is -0.347 e. The molecule has 0 aromatic carbocycles. The number of carbonyl (C=O) groups is 2. The summed E-state index contributed by atoms with van der Waals surface area (Å²) < 4.78 is 0. The van der Waals surface area contributed by atoms with Crippen LogP contribution in [0.3, 0.4) is 0 Å². The van der Waals surface area contributed by atoms with Crippen LogP contribution in [0.2, 0.25) is 0 Å². The van der Waals surface area contributed by atoms with Crippen molar-refractivity contribution in [2.45, 2.75) is 32.7 Å². The van der Waals surface area contributed by atoms with Crippen LogP contribution >= 0.6 is 0 Å². The molecule has 1 rings (SSSR count). The second kappa shape index (κ2) is 7.43. The Kier molecular flexibility index (Phi) is 6.20. The summed E-state index contributed by atoms with van der Waals surface area (Å²) in [6.07, 6.45) is 1.82. The SMILES string of the molecule is C=C(C)CN(CC)C(=O)CN1CCC[C@H]1C(=O)N(C)C. The van der Waals surface area contributed by atoms with E-state index in [1.807, 2.05) is 18.7 Å². The molecular formula is C15H27N3O2. The Morgan fingerprint density at radius 3 is 2.50 bits per heavy atom. The molecule has 1 aliphatic rings. The minimum absolute atomic E-state index is 0.0777. The molecular weight excluding hydrogens is 254 g/mol. The molecule has 5 nitrogen and oxygen atoms in total. The van der Waals surface area contributed by atoms with E-state index in [-0.39, 0.29) is 17.9 Å². The molecule has 0 N–H and O–H groups in total. The Balaban J connectivity index is 2.63. The molecule has 1 aliphatic heterocycles. The monoisotopic (exact) mass is 281 g/mol. The van der Waals surface area contributed by atoms with E-state index < -0.39 is 0 Å². The van der Waals surface area contributed by atoms with Crippen molar-refractivity contribution in [3.63, 3.8) is 0 Å². The Bertz CT molecular complexity index is 379. The number of amides is 2. The van der Waals surface area contributed by atoms with Crippen molar-refractivity contribution in [2.75, 3.05) is 40.3 Å². The summed E-state index contributed by atoms with van der Waals surface area (Å²) in [7, 11) is 3.53. The van der Waals surface area contributed by atoms with Crippen molar-refractivity contribution in [1.82, 2.24) is 14.7 Å². The standard InChI is InChI=1S/C15H27N3O2/c1-6-17(10-12(2)3)14(19)11-18-9-7-8-13(18)15(20)16(4)5/h13H,2,6-11H2,1,3-5H3/t13-/m0/s1. The average Bonchev–Trinajstić information content (AvgIpc) is 2.82. The lowest BCUT2D eigenvalue weighted by Gasteiger charge is -2.28. The van der Waals surface area contributed by atoms with Gasteiger partial charge < -0.3 is 9.80 Å². The lowest BCUT2D eigenvalue weighted by atomic mass is 10.2. The molecule has 2 amide bonds. The molecule has 5 heteroatoms. The Morgan fingerprint density at radius 1 is 1.35 bits per heavy atom. The van der Waals surface area contributed by atoms with Crippen molar-refractivity contribution >= 4 is 11.8 Å². The highest BCUT2D eigenvalue weighted by Crippen LogP contribution is 2.18. The zero-order valence-corrected chi connectivity index (χ0v) is 13.2. The third-order valence-electron chi connectivity index (χ3n) is 3.62. The van der Waals surface area contributed by atoms with E-state index in [2.05, 4.69) is 6.58 Å². The number of hydrogen-bond donors (Lipinski definition) is 0. The molecule has 0 radical (unpaired) electrons. The summed E-state index contributed by atoms with van der Waals surface area (Å²) in [5.74, 6) is 0.173. The van der Waals surface area contributed by atoms with Crippen molar-refractivity contribution < 1.29 is 9.59 Å². The zero-order valence-electron chi connectivity index (χ0n) is 13.2. The van der Waals surface area contributed by atoms with Crippen LogP contribution in [0.15, 0.2) is 12.2 Å². The van der Waals surface area contributed by atoms with Crippen LogP contribution in [0.1, 0.15) is 26.7 Å². The van der Waals surface area contributed by atoms with Gasteiger partial charge in [-0.1, -0.05) is 12.2 Å². The predicted octanol–water partition coefficient (Wildman–Crippen LogP) is 0.964. The van der Waals surface area contributed by atoms with Crippen LogP contribution < -0.4 is 0 Å². The molecule has 0 unspecified atom stereocenters. The second-order valence-electron chi connectivity index (χ2n) is 5.73. The Hall–Kier alpha value is -1.36. The highest BCUT2D eigenvalue weighted by atomic mass is 16.2. The summed E-state index contributed by atoms with van der Waals surface area (Å²) in [6.45, 7) is 10.2. The smallest absolute Gasteiger partial charge is 0.239 e. The summed E-state index contributed by atoms with van der Waals surface area (Å²) in [5, 5.41) is 0. The van der Waals surface area contributed by atoms with E-state index in [0.717, 1.165) is 25.0 Å². The Labute approximate surface area is 122 Å². The maximum Gasteiger partial charge on any atom is 0.239 e. The lowest BCUT2D eigenvalue weighted by Crippen LogP contribution is -2.47. The maximum atomic E-state index is 12.3. The fraction of sp³-hybridized carbons (Fsp3) is 0.733. The normalized spacial score (nSPS) is 18.9. The van der Waals surface area contributed by atoms with Crippen LogP contribution in [0.25, 0.3) is 0 Å². The predicted molar refractivity (Wildman–Crippen MR) is 80.4 cm³/mol. The van der Waals surface area contributed by atoms with Crippen LogP contribution in [-0.4, -0.2) is 72.8 Å². The summed E-state index contributed by atoms with van der Waals surface area (Å²) in [4.78, 5) is 29.8. The first-order chi connectivity index (χ1) is 9.36. The van der Waals surface area contributed by atoms with E-state index in [4.69, 9.17) is 0 Å². The first kappa shape index (κ1) is 16.7. The largest absolute Gasteiger partial charge is 0.347 e. The molecule has 1 fully saturated rings. The van der Waals surface area contributed by atoms with Gasteiger partial charge in [0, 0.05) is 27.2 Å². The van der Waals surface area contributed by atoms with Crippen molar-refractivity contribution in [1.29, 1.82) is 0 Å². The molecule has 1 atom stereocenters. The van der Waals surface area contributed by atoms with Crippen LogP contribution in [0.4, 0.5) is 0 Å². The quantitative estimate of drug-likeness (QED) is 0.681. The fourth-order valence-electron chi connectivity index (χ4n) is 2.57. The van der Waals surface area contributed by atoms with Gasteiger partial charge in [0.25, 0.3) is 0 Å². The number of carbonyl (C=O) groups excluding carboxylic acids is 2. The molecule has 0 saturated carbocycles. The zero-order chi connectivity index (χ0) is 15.3. The van der Waals surface area contributed by atoms with Crippen molar-refractivity contribution in [3.05, 3.63) is 12.2 Å². The number of likely N-dealkylation sites (tertiary alicyclic amines) is 1. The summed E-state index contributed by atoms with van der Waals surface area (Å²) >= 11 is 0. The molecule has 0 aliphatic carbocycles. The van der Waals surface area contributed by atoms with Crippen LogP contribution in [0.5, 0.6) is 0 Å². The van der Waals surface area contributed by atoms with Gasteiger partial charge in [0.15, 0.2) is 0 Å². The van der Waals surface area contributed by atoms with Gasteiger partial charge in [0.2, 0.25) is 11.8 Å². The van der Waals surface area contributed by atoms with Crippen LogP contribution in [-0.2, 0) is 9.59 Å². The van der Waals surface area contributed by atoms with E-state index >= 15 is 0 Å². The van der Waals surface area contributed by atoms with Crippen molar-refractivity contribution in [3.8, 4) is 0 Å². The number of rotatable bonds is 6. The van der Waals surface area contributed by atoms with E-state index in [1.165, 1.54) is 0 Å². The second-order valence-corrected chi connectivity index (χ2v) is 5.73. The average molecular weight is 281 g/mol. The van der Waals surface area contributed by atoms with E-state index in [1.54, 1.807) is 23.9 Å². The molecule has 0 spiro atoms. The molecule has 1 saturated heterocycles. The van der Waals surface area contributed by atoms with Gasteiger partial charge in [-0.3, -0.25) is 14.5 Å². The molecule has 0 bridgehead atoms. The first-order valence-electron chi connectivity index (χ1n) is 7.24. The fourth-order valence-corrected chi connectivity index (χ4v) is 2.57. The van der Waals surface area contributed by atoms with Gasteiger partial charge in [-0.25, -0.2) is 0 Å². The summed E-state index contributed by atoms with van der Waals surface area (Å²) in [6, 6.07) is -0.141. The minimum atomic E-state index is -0.141. The molecule has 0 aromatic heterocycles. The van der Waals surface area contributed by atoms with Gasteiger partial charge in [0.05, 0.1) is 12.6 Å². The molecule has 114 valence electrons. The van der Waals surface area contributed by atoms with Gasteiger partial charge in [-0.05, 0) is 33.2 Å². The maximum absolute atomic E-state index is 12.3. The topological polar surface area (TPSA) is 43.9 Å². The van der Waals surface area contributed by atoms with E-state index in [0.29, 0.717) is 19.6 Å². The third-order valence-corrected chi connectivity index (χ3v) is 3.62. The lowest BCUT2D eigenvalue weighted by molar-refractivity contribution is -0.136. The van der Waals surface area contributed by atoms with Gasteiger partial charge >= 0.3 is 0 Å². The molecule has 1 heterocycles. The number of nitrogens with zero attached hydrogens (tertiary/aromatic N) is 3. The molecule has 20 heavy (non-hydrogen) atoms. The van der Waals surface area contributed by atoms with Crippen LogP contribution in [0, 0.1) is 0 Å². The van der Waals surface area contributed by atoms with Crippen molar-refractivity contribution in [2.24, 2.45) is 0 Å². The van der Waals surface area contributed by atoms with Gasteiger partial charge in [-0.2, -0.15) is 0 Å². The highest BCUT2D eigenvalue weighted by Gasteiger charge is 2.33. The number of hydrogen-bond acceptors (Lipinski definition) is 3. The van der Waals surface area contributed by atoms with Gasteiger partial charge in [-0.15, -0.1) is 0 Å². The van der Waals surface area contributed by atoms with Gasteiger partial charge in [0.1, 0.15) is 0 Å². The Morgan fingerprint density at radius 2 is 2.00 bits per heavy atom. The van der Waals surface area contributed by atoms with E-state index in [9.17, 15) is 9.59 Å². The highest BCUT2D eigenvalue weighted by molar-refractivity contribution is 5.83. The third kappa shape index (κ3) is 4.34. The number of likely N-dealkylation sites (N-methyl/N-ethyl adjacent to an activating group) is 2. The summed E-state index contributed by atoms with van der Waals surface area (Å²) in [5.41, 5.74) is 0.975. The first-order valence-corrected chi connectivity index (χ1v) is 7.24.